The lowest BCUT2D eigenvalue weighted by Crippen LogP contribution is -2.20. The summed E-state index contributed by atoms with van der Waals surface area (Å²) < 4.78 is 1.88. The van der Waals surface area contributed by atoms with Crippen LogP contribution in [0.25, 0.3) is 0 Å². The van der Waals surface area contributed by atoms with Gasteiger partial charge in [-0.25, -0.2) is 0 Å². The SMILES string of the molecule is Cn1nccc1CCNCCCO. The summed E-state index contributed by atoms with van der Waals surface area (Å²) >= 11 is 0. The first-order chi connectivity index (χ1) is 6.34. The molecule has 0 amide bonds. The molecule has 1 aromatic heterocycles. The molecule has 0 aliphatic carbocycles. The summed E-state index contributed by atoms with van der Waals surface area (Å²) in [4.78, 5) is 0. The largest absolute Gasteiger partial charge is 0.396 e. The van der Waals surface area contributed by atoms with Gasteiger partial charge in [-0.05, 0) is 19.0 Å². The molecule has 0 fully saturated rings. The van der Waals surface area contributed by atoms with Crippen molar-refractivity contribution >= 4 is 0 Å². The summed E-state index contributed by atoms with van der Waals surface area (Å²) in [6.07, 6.45) is 3.62. The molecular formula is C9H17N3O. The zero-order valence-electron chi connectivity index (χ0n) is 8.03. The van der Waals surface area contributed by atoms with Crippen molar-refractivity contribution in [3.05, 3.63) is 18.0 Å². The first-order valence-electron chi connectivity index (χ1n) is 4.63. The molecule has 13 heavy (non-hydrogen) atoms. The van der Waals surface area contributed by atoms with Crippen molar-refractivity contribution in [3.63, 3.8) is 0 Å². The Kier molecular flexibility index (Phi) is 4.49. The molecule has 1 heterocycles. The van der Waals surface area contributed by atoms with Crippen LogP contribution < -0.4 is 5.32 Å². The lowest BCUT2D eigenvalue weighted by molar-refractivity contribution is 0.286. The van der Waals surface area contributed by atoms with Gasteiger partial charge in [0, 0.05) is 38.5 Å². The van der Waals surface area contributed by atoms with Gasteiger partial charge in [0.05, 0.1) is 0 Å². The predicted octanol–water partition coefficient (Wildman–Crippen LogP) is -0.0654. The van der Waals surface area contributed by atoms with Crippen molar-refractivity contribution in [2.45, 2.75) is 12.8 Å². The third kappa shape index (κ3) is 3.57. The van der Waals surface area contributed by atoms with Gasteiger partial charge in [0.25, 0.3) is 0 Å². The fraction of sp³-hybridized carbons (Fsp3) is 0.667. The normalized spacial score (nSPS) is 10.6. The van der Waals surface area contributed by atoms with Crippen LogP contribution in [0.3, 0.4) is 0 Å². The van der Waals surface area contributed by atoms with Gasteiger partial charge < -0.3 is 10.4 Å². The lowest BCUT2D eigenvalue weighted by atomic mass is 10.3. The first-order valence-corrected chi connectivity index (χ1v) is 4.63. The van der Waals surface area contributed by atoms with E-state index in [2.05, 4.69) is 10.4 Å². The minimum Gasteiger partial charge on any atom is -0.396 e. The van der Waals surface area contributed by atoms with Gasteiger partial charge in [-0.2, -0.15) is 5.10 Å². The number of rotatable bonds is 6. The quantitative estimate of drug-likeness (QED) is 0.607. The van der Waals surface area contributed by atoms with Crippen LogP contribution in [0.4, 0.5) is 0 Å². The number of hydrogen-bond acceptors (Lipinski definition) is 3. The molecule has 0 saturated heterocycles. The highest BCUT2D eigenvalue weighted by Gasteiger charge is 1.96. The maximum Gasteiger partial charge on any atom is 0.0492 e. The van der Waals surface area contributed by atoms with Crippen LogP contribution in [0, 0.1) is 0 Å². The molecule has 0 radical (unpaired) electrons. The number of nitrogens with zero attached hydrogens (tertiary/aromatic N) is 2. The van der Waals surface area contributed by atoms with E-state index in [1.165, 1.54) is 5.69 Å². The Bertz CT molecular complexity index is 235. The highest BCUT2D eigenvalue weighted by Crippen LogP contribution is 1.95. The van der Waals surface area contributed by atoms with E-state index < -0.39 is 0 Å². The van der Waals surface area contributed by atoms with E-state index in [0.717, 1.165) is 25.9 Å². The molecular weight excluding hydrogens is 166 g/mol. The second-order valence-corrected chi connectivity index (χ2v) is 3.02. The van der Waals surface area contributed by atoms with Gasteiger partial charge in [0.15, 0.2) is 0 Å². The van der Waals surface area contributed by atoms with E-state index in [4.69, 9.17) is 5.11 Å². The van der Waals surface area contributed by atoms with Crippen molar-refractivity contribution in [2.24, 2.45) is 7.05 Å². The molecule has 0 atom stereocenters. The van der Waals surface area contributed by atoms with Gasteiger partial charge in [0.2, 0.25) is 0 Å². The zero-order chi connectivity index (χ0) is 9.52. The average Bonchev–Trinajstić information content (AvgIpc) is 2.52. The minimum atomic E-state index is 0.263. The van der Waals surface area contributed by atoms with Crippen molar-refractivity contribution < 1.29 is 5.11 Å². The van der Waals surface area contributed by atoms with Gasteiger partial charge >= 0.3 is 0 Å². The maximum absolute atomic E-state index is 8.54. The van der Waals surface area contributed by atoms with Crippen LogP contribution in [0.2, 0.25) is 0 Å². The Labute approximate surface area is 78.6 Å². The van der Waals surface area contributed by atoms with Crippen LogP contribution in [0.5, 0.6) is 0 Å². The number of nitrogens with one attached hydrogen (secondary N) is 1. The highest BCUT2D eigenvalue weighted by molar-refractivity contribution is 5.00. The number of hydrogen-bond donors (Lipinski definition) is 2. The second kappa shape index (κ2) is 5.72. The van der Waals surface area contributed by atoms with Crippen LogP contribution in [0.15, 0.2) is 12.3 Å². The van der Waals surface area contributed by atoms with Crippen LogP contribution in [-0.2, 0) is 13.5 Å². The first kappa shape index (κ1) is 10.2. The Morgan fingerprint density at radius 3 is 3.00 bits per heavy atom. The predicted molar refractivity (Wildman–Crippen MR) is 51.5 cm³/mol. The Morgan fingerprint density at radius 1 is 1.54 bits per heavy atom. The van der Waals surface area contributed by atoms with Crippen LogP contribution >= 0.6 is 0 Å². The van der Waals surface area contributed by atoms with Crippen molar-refractivity contribution in [2.75, 3.05) is 19.7 Å². The molecule has 2 N–H and O–H groups in total. The molecule has 1 aromatic rings. The Balaban J connectivity index is 2.10. The molecule has 0 aliphatic rings. The summed E-state index contributed by atoms with van der Waals surface area (Å²) in [6.45, 7) is 2.09. The molecule has 0 saturated carbocycles. The highest BCUT2D eigenvalue weighted by atomic mass is 16.3. The molecule has 4 heteroatoms. The molecule has 0 spiro atoms. The lowest BCUT2D eigenvalue weighted by Gasteiger charge is -2.03. The Morgan fingerprint density at radius 2 is 2.38 bits per heavy atom. The number of aromatic nitrogens is 2. The van der Waals surface area contributed by atoms with E-state index in [1.54, 1.807) is 0 Å². The third-order valence-electron chi connectivity index (χ3n) is 1.99. The van der Waals surface area contributed by atoms with Crippen molar-refractivity contribution in [1.29, 1.82) is 0 Å². The van der Waals surface area contributed by atoms with E-state index in [-0.39, 0.29) is 6.61 Å². The van der Waals surface area contributed by atoms with E-state index in [1.807, 2.05) is 24.0 Å². The smallest absolute Gasteiger partial charge is 0.0492 e. The molecule has 0 aromatic carbocycles. The second-order valence-electron chi connectivity index (χ2n) is 3.02. The topological polar surface area (TPSA) is 50.1 Å². The average molecular weight is 183 g/mol. The van der Waals surface area contributed by atoms with Crippen LogP contribution in [-0.4, -0.2) is 34.6 Å². The van der Waals surface area contributed by atoms with E-state index >= 15 is 0 Å². The Hall–Kier alpha value is -0.870. The fourth-order valence-corrected chi connectivity index (χ4v) is 1.19. The van der Waals surface area contributed by atoms with E-state index in [9.17, 15) is 0 Å². The summed E-state index contributed by atoms with van der Waals surface area (Å²) in [7, 11) is 1.95. The summed E-state index contributed by atoms with van der Waals surface area (Å²) in [5, 5.41) is 15.9. The van der Waals surface area contributed by atoms with Gasteiger partial charge in [0.1, 0.15) is 0 Å². The standard InChI is InChI=1S/C9H17N3O/c1-12-9(4-7-11-12)3-6-10-5-2-8-13/h4,7,10,13H,2-3,5-6,8H2,1H3. The van der Waals surface area contributed by atoms with E-state index in [0.29, 0.717) is 0 Å². The molecule has 0 aliphatic heterocycles. The fourth-order valence-electron chi connectivity index (χ4n) is 1.19. The van der Waals surface area contributed by atoms with Crippen molar-refractivity contribution in [3.8, 4) is 0 Å². The number of aliphatic hydroxyl groups is 1. The number of aryl methyl sites for hydroxylation is 1. The van der Waals surface area contributed by atoms with Crippen LogP contribution in [0.1, 0.15) is 12.1 Å². The monoisotopic (exact) mass is 183 g/mol. The summed E-state index contributed by atoms with van der Waals surface area (Å²) in [5.74, 6) is 0. The molecule has 1 rings (SSSR count). The number of aliphatic hydroxyl groups excluding tert-OH is 1. The zero-order valence-corrected chi connectivity index (χ0v) is 8.03. The van der Waals surface area contributed by atoms with Gasteiger partial charge in [-0.15, -0.1) is 0 Å². The molecule has 0 unspecified atom stereocenters. The molecule has 4 nitrogen and oxygen atoms in total. The molecule has 0 bridgehead atoms. The third-order valence-corrected chi connectivity index (χ3v) is 1.99. The molecule has 74 valence electrons. The van der Waals surface area contributed by atoms with Crippen molar-refractivity contribution in [1.82, 2.24) is 15.1 Å². The van der Waals surface area contributed by atoms with Gasteiger partial charge in [-0.1, -0.05) is 0 Å². The van der Waals surface area contributed by atoms with Gasteiger partial charge in [-0.3, -0.25) is 4.68 Å². The summed E-state index contributed by atoms with van der Waals surface area (Å²) in [5.41, 5.74) is 1.23. The maximum atomic E-state index is 8.54. The minimum absolute atomic E-state index is 0.263. The summed E-state index contributed by atoms with van der Waals surface area (Å²) in [6, 6.07) is 2.02.